The van der Waals surface area contributed by atoms with Crippen LogP contribution in [0.5, 0.6) is 0 Å². The highest BCUT2D eigenvalue weighted by Crippen LogP contribution is 2.31. The van der Waals surface area contributed by atoms with Gasteiger partial charge in [-0.15, -0.1) is 0 Å². The summed E-state index contributed by atoms with van der Waals surface area (Å²) in [6.45, 7) is 6.17. The Balaban J connectivity index is 2.38. The van der Waals surface area contributed by atoms with E-state index in [9.17, 15) is 14.9 Å². The summed E-state index contributed by atoms with van der Waals surface area (Å²) in [5.41, 5.74) is -0.753. The minimum absolute atomic E-state index is 0.0469. The van der Waals surface area contributed by atoms with Gasteiger partial charge in [0.15, 0.2) is 0 Å². The van der Waals surface area contributed by atoms with Crippen molar-refractivity contribution in [3.63, 3.8) is 0 Å². The molecule has 0 spiro atoms. The summed E-state index contributed by atoms with van der Waals surface area (Å²) in [6, 6.07) is 2.26. The standard InChI is InChI=1S/C16H27N3O2/c1-12(2)6-7-14(20)18-10-15(21)19-16(11-17)8-4-5-13(3)9-16/h12-13H,4-10H2,1-3H3,(H,18,20)(H,19,21)/t13-,16-/m1/s1. The van der Waals surface area contributed by atoms with Crippen LogP contribution in [0.1, 0.15) is 59.3 Å². The first-order chi connectivity index (χ1) is 9.87. The molecule has 5 heteroatoms. The zero-order valence-electron chi connectivity index (χ0n) is 13.4. The van der Waals surface area contributed by atoms with Gasteiger partial charge in [0.05, 0.1) is 12.6 Å². The monoisotopic (exact) mass is 293 g/mol. The van der Waals surface area contributed by atoms with Crippen molar-refractivity contribution in [1.29, 1.82) is 5.26 Å². The Morgan fingerprint density at radius 1 is 1.38 bits per heavy atom. The van der Waals surface area contributed by atoms with Crippen LogP contribution >= 0.6 is 0 Å². The van der Waals surface area contributed by atoms with Crippen LogP contribution in [0.4, 0.5) is 0 Å². The van der Waals surface area contributed by atoms with Crippen molar-refractivity contribution in [2.45, 2.75) is 64.8 Å². The van der Waals surface area contributed by atoms with Crippen molar-refractivity contribution in [1.82, 2.24) is 10.6 Å². The summed E-state index contributed by atoms with van der Waals surface area (Å²) in [6.07, 6.45) is 4.69. The number of hydrogen-bond acceptors (Lipinski definition) is 3. The third kappa shape index (κ3) is 6.16. The summed E-state index contributed by atoms with van der Waals surface area (Å²) in [4.78, 5) is 23.5. The van der Waals surface area contributed by atoms with E-state index in [0.717, 1.165) is 19.3 Å². The molecule has 0 radical (unpaired) electrons. The zero-order valence-corrected chi connectivity index (χ0v) is 13.4. The molecule has 2 amide bonds. The number of carbonyl (C=O) groups is 2. The highest BCUT2D eigenvalue weighted by atomic mass is 16.2. The molecule has 1 aliphatic carbocycles. The van der Waals surface area contributed by atoms with Crippen LogP contribution < -0.4 is 10.6 Å². The average Bonchev–Trinajstić information content (AvgIpc) is 2.43. The number of carbonyl (C=O) groups excluding carboxylic acids is 2. The van der Waals surface area contributed by atoms with Crippen molar-refractivity contribution in [2.24, 2.45) is 11.8 Å². The molecule has 5 nitrogen and oxygen atoms in total. The minimum atomic E-state index is -0.753. The molecule has 0 bridgehead atoms. The first-order valence-electron chi connectivity index (χ1n) is 7.86. The Morgan fingerprint density at radius 3 is 2.67 bits per heavy atom. The number of nitrogens with one attached hydrogen (secondary N) is 2. The summed E-state index contributed by atoms with van der Waals surface area (Å²) < 4.78 is 0. The van der Waals surface area contributed by atoms with Crippen LogP contribution in [0.2, 0.25) is 0 Å². The molecule has 0 aromatic carbocycles. The van der Waals surface area contributed by atoms with E-state index in [-0.39, 0.29) is 18.4 Å². The van der Waals surface area contributed by atoms with Crippen molar-refractivity contribution in [3.8, 4) is 6.07 Å². The Morgan fingerprint density at radius 2 is 2.10 bits per heavy atom. The smallest absolute Gasteiger partial charge is 0.240 e. The van der Waals surface area contributed by atoms with E-state index in [4.69, 9.17) is 0 Å². The highest BCUT2D eigenvalue weighted by Gasteiger charge is 2.36. The predicted molar refractivity (Wildman–Crippen MR) is 81.2 cm³/mol. The summed E-state index contributed by atoms with van der Waals surface area (Å²) in [5, 5.41) is 14.8. The molecule has 2 N–H and O–H groups in total. The topological polar surface area (TPSA) is 82.0 Å². The lowest BCUT2D eigenvalue weighted by molar-refractivity contribution is -0.127. The van der Waals surface area contributed by atoms with Gasteiger partial charge in [-0.25, -0.2) is 0 Å². The second-order valence-electron chi connectivity index (χ2n) is 6.65. The van der Waals surface area contributed by atoms with Crippen molar-refractivity contribution in [2.75, 3.05) is 6.54 Å². The molecule has 118 valence electrons. The molecular formula is C16H27N3O2. The summed E-state index contributed by atoms with van der Waals surface area (Å²) in [5.74, 6) is 0.528. The Hall–Kier alpha value is -1.57. The number of amides is 2. The van der Waals surface area contributed by atoms with Gasteiger partial charge in [0.2, 0.25) is 11.8 Å². The van der Waals surface area contributed by atoms with E-state index in [1.165, 1.54) is 0 Å². The fraction of sp³-hybridized carbons (Fsp3) is 0.812. The van der Waals surface area contributed by atoms with Gasteiger partial charge >= 0.3 is 0 Å². The van der Waals surface area contributed by atoms with Gasteiger partial charge in [0.1, 0.15) is 5.54 Å². The second-order valence-corrected chi connectivity index (χ2v) is 6.65. The lowest BCUT2D eigenvalue weighted by Gasteiger charge is -2.35. The maximum atomic E-state index is 11.9. The number of rotatable bonds is 6. The second kappa shape index (κ2) is 8.02. The lowest BCUT2D eigenvalue weighted by Crippen LogP contribution is -2.52. The first-order valence-corrected chi connectivity index (χ1v) is 7.86. The van der Waals surface area contributed by atoms with Crippen LogP contribution in [-0.4, -0.2) is 23.9 Å². The Bertz CT molecular complexity index is 414. The maximum Gasteiger partial charge on any atom is 0.240 e. The number of nitriles is 1. The van der Waals surface area contributed by atoms with Gasteiger partial charge in [0, 0.05) is 6.42 Å². The number of nitrogens with zero attached hydrogens (tertiary/aromatic N) is 1. The summed E-state index contributed by atoms with van der Waals surface area (Å²) >= 11 is 0. The zero-order chi connectivity index (χ0) is 15.9. The minimum Gasteiger partial charge on any atom is -0.347 e. The first kappa shape index (κ1) is 17.5. The third-order valence-corrected chi connectivity index (χ3v) is 3.98. The van der Waals surface area contributed by atoms with Gasteiger partial charge in [-0.05, 0) is 37.5 Å². The lowest BCUT2D eigenvalue weighted by atomic mass is 9.77. The van der Waals surface area contributed by atoms with Crippen molar-refractivity contribution < 1.29 is 9.59 Å². The molecule has 1 rings (SSSR count). The quantitative estimate of drug-likeness (QED) is 0.787. The molecule has 0 aromatic heterocycles. The van der Waals surface area contributed by atoms with Crippen LogP contribution in [0, 0.1) is 23.2 Å². The molecule has 1 aliphatic rings. The van der Waals surface area contributed by atoms with E-state index in [1.54, 1.807) is 0 Å². The van der Waals surface area contributed by atoms with Gasteiger partial charge in [0.25, 0.3) is 0 Å². The Kier molecular flexibility index (Phi) is 6.67. The van der Waals surface area contributed by atoms with Gasteiger partial charge in [-0.3, -0.25) is 9.59 Å². The third-order valence-electron chi connectivity index (χ3n) is 3.98. The molecule has 21 heavy (non-hydrogen) atoms. The molecule has 0 saturated heterocycles. The maximum absolute atomic E-state index is 11.9. The fourth-order valence-corrected chi connectivity index (χ4v) is 2.79. The van der Waals surface area contributed by atoms with Crippen molar-refractivity contribution >= 4 is 11.8 Å². The predicted octanol–water partition coefficient (Wildman–Crippen LogP) is 2.13. The molecule has 0 aliphatic heterocycles. The highest BCUT2D eigenvalue weighted by molar-refractivity contribution is 5.85. The molecule has 0 heterocycles. The van der Waals surface area contributed by atoms with Crippen LogP contribution in [0.25, 0.3) is 0 Å². The molecule has 0 unspecified atom stereocenters. The van der Waals surface area contributed by atoms with E-state index in [1.807, 2.05) is 0 Å². The van der Waals surface area contributed by atoms with E-state index < -0.39 is 5.54 Å². The van der Waals surface area contributed by atoms with E-state index >= 15 is 0 Å². The molecular weight excluding hydrogens is 266 g/mol. The van der Waals surface area contributed by atoms with Gasteiger partial charge in [-0.1, -0.05) is 27.2 Å². The number of hydrogen-bond donors (Lipinski definition) is 2. The normalized spacial score (nSPS) is 25.2. The van der Waals surface area contributed by atoms with Crippen molar-refractivity contribution in [3.05, 3.63) is 0 Å². The molecule has 1 saturated carbocycles. The van der Waals surface area contributed by atoms with Crippen LogP contribution in [-0.2, 0) is 9.59 Å². The molecule has 0 aromatic rings. The van der Waals surface area contributed by atoms with E-state index in [2.05, 4.69) is 37.5 Å². The summed E-state index contributed by atoms with van der Waals surface area (Å²) in [7, 11) is 0. The van der Waals surface area contributed by atoms with Gasteiger partial charge < -0.3 is 10.6 Å². The largest absolute Gasteiger partial charge is 0.347 e. The average molecular weight is 293 g/mol. The fourth-order valence-electron chi connectivity index (χ4n) is 2.79. The SMILES string of the molecule is CC(C)CCC(=O)NCC(=O)N[C@]1(C#N)CCC[C@@H](C)C1. The van der Waals surface area contributed by atoms with Crippen LogP contribution in [0.15, 0.2) is 0 Å². The van der Waals surface area contributed by atoms with Gasteiger partial charge in [-0.2, -0.15) is 5.26 Å². The van der Waals surface area contributed by atoms with E-state index in [0.29, 0.717) is 31.1 Å². The molecule has 1 fully saturated rings. The van der Waals surface area contributed by atoms with Crippen LogP contribution in [0.3, 0.4) is 0 Å². The Labute approximate surface area is 127 Å². The molecule has 2 atom stereocenters.